The number of unbranched alkanes of at least 4 members (excludes halogenated alkanes) is 3. The Hall–Kier alpha value is -1.26. The number of amidine groups is 1. The van der Waals surface area contributed by atoms with Crippen LogP contribution in [0.4, 0.5) is 0 Å². The van der Waals surface area contributed by atoms with Crippen LogP contribution in [0, 0.1) is 0 Å². The first-order valence-corrected chi connectivity index (χ1v) is 6.39. The van der Waals surface area contributed by atoms with Gasteiger partial charge in [0.2, 0.25) is 5.91 Å². The van der Waals surface area contributed by atoms with Gasteiger partial charge in [0, 0.05) is 18.9 Å². The fourth-order valence-corrected chi connectivity index (χ4v) is 1.60. The number of nitrogens with two attached hydrogens (primary N) is 1. The molecule has 0 aliphatic carbocycles. The molecule has 0 saturated heterocycles. The molecule has 0 fully saturated rings. The van der Waals surface area contributed by atoms with E-state index < -0.39 is 0 Å². The maximum absolute atomic E-state index is 11.6. The third-order valence-electron chi connectivity index (χ3n) is 2.70. The molecule has 0 aliphatic heterocycles. The highest BCUT2D eigenvalue weighted by molar-refractivity contribution is 5.81. The Morgan fingerprint density at radius 3 is 2.59 bits per heavy atom. The Morgan fingerprint density at radius 1 is 1.35 bits per heavy atom. The second kappa shape index (κ2) is 9.93. The van der Waals surface area contributed by atoms with Gasteiger partial charge in [0.15, 0.2) is 0 Å². The molecule has 5 heteroatoms. The summed E-state index contributed by atoms with van der Waals surface area (Å²) in [5.74, 6) is 0.210. The highest BCUT2D eigenvalue weighted by atomic mass is 16.4. The van der Waals surface area contributed by atoms with Crippen molar-refractivity contribution in [1.82, 2.24) is 5.32 Å². The van der Waals surface area contributed by atoms with Gasteiger partial charge in [-0.1, -0.05) is 38.3 Å². The summed E-state index contributed by atoms with van der Waals surface area (Å²) in [4.78, 5) is 11.6. The number of nitrogens with one attached hydrogen (secondary N) is 1. The molecule has 0 rings (SSSR count). The van der Waals surface area contributed by atoms with E-state index >= 15 is 0 Å². The standard InChI is InChI=1S/C12H25N3O2/c1-3-5-6-7-8-12(16)14-10(4-2)9-11(13)15-17/h10,17H,3-9H2,1-2H3,(H2,13,15)(H,14,16). The molecule has 0 aromatic rings. The van der Waals surface area contributed by atoms with E-state index in [1.165, 1.54) is 12.8 Å². The van der Waals surface area contributed by atoms with Crippen LogP contribution >= 0.6 is 0 Å². The lowest BCUT2D eigenvalue weighted by Gasteiger charge is -2.16. The van der Waals surface area contributed by atoms with Crippen LogP contribution in [0.3, 0.4) is 0 Å². The van der Waals surface area contributed by atoms with Crippen molar-refractivity contribution in [3.63, 3.8) is 0 Å². The lowest BCUT2D eigenvalue weighted by molar-refractivity contribution is -0.121. The molecular formula is C12H25N3O2. The molecule has 0 spiro atoms. The first kappa shape index (κ1) is 15.7. The summed E-state index contributed by atoms with van der Waals surface area (Å²) in [7, 11) is 0. The average molecular weight is 243 g/mol. The lowest BCUT2D eigenvalue weighted by atomic mass is 10.1. The summed E-state index contributed by atoms with van der Waals surface area (Å²) in [6.07, 6.45) is 6.11. The van der Waals surface area contributed by atoms with Gasteiger partial charge in [0.25, 0.3) is 0 Å². The van der Waals surface area contributed by atoms with E-state index in [4.69, 9.17) is 10.9 Å². The number of rotatable bonds is 9. The summed E-state index contributed by atoms with van der Waals surface area (Å²) >= 11 is 0. The van der Waals surface area contributed by atoms with Crippen molar-refractivity contribution >= 4 is 11.7 Å². The number of hydrogen-bond acceptors (Lipinski definition) is 3. The fraction of sp³-hybridized carbons (Fsp3) is 0.833. The molecule has 0 radical (unpaired) electrons. The van der Waals surface area contributed by atoms with E-state index in [0.29, 0.717) is 12.8 Å². The minimum Gasteiger partial charge on any atom is -0.409 e. The molecule has 0 bridgehead atoms. The van der Waals surface area contributed by atoms with Crippen molar-refractivity contribution in [2.24, 2.45) is 10.9 Å². The van der Waals surface area contributed by atoms with Crippen molar-refractivity contribution in [3.05, 3.63) is 0 Å². The second-order valence-electron chi connectivity index (χ2n) is 4.28. The molecule has 0 aromatic heterocycles. The first-order chi connectivity index (χ1) is 8.13. The summed E-state index contributed by atoms with van der Waals surface area (Å²) in [5, 5.41) is 14.3. The molecule has 100 valence electrons. The molecule has 17 heavy (non-hydrogen) atoms. The number of oxime groups is 1. The Kier molecular flexibility index (Phi) is 9.19. The van der Waals surface area contributed by atoms with Gasteiger partial charge in [-0.25, -0.2) is 0 Å². The van der Waals surface area contributed by atoms with Gasteiger partial charge in [0.1, 0.15) is 5.84 Å². The third kappa shape index (κ3) is 8.54. The Balaban J connectivity index is 3.82. The van der Waals surface area contributed by atoms with Crippen LogP contribution in [0.1, 0.15) is 58.8 Å². The van der Waals surface area contributed by atoms with Crippen molar-refractivity contribution < 1.29 is 10.0 Å². The minimum absolute atomic E-state index is 0.0374. The fourth-order valence-electron chi connectivity index (χ4n) is 1.60. The molecule has 0 aromatic carbocycles. The summed E-state index contributed by atoms with van der Waals surface area (Å²) in [6.45, 7) is 4.11. The number of hydrogen-bond donors (Lipinski definition) is 3. The molecule has 0 saturated carbocycles. The predicted octanol–water partition coefficient (Wildman–Crippen LogP) is 1.99. The Morgan fingerprint density at radius 2 is 2.06 bits per heavy atom. The van der Waals surface area contributed by atoms with E-state index in [0.717, 1.165) is 19.3 Å². The Bertz CT molecular complexity index is 242. The van der Waals surface area contributed by atoms with Crippen molar-refractivity contribution in [3.8, 4) is 0 Å². The van der Waals surface area contributed by atoms with Crippen molar-refractivity contribution in [1.29, 1.82) is 0 Å². The van der Waals surface area contributed by atoms with Gasteiger partial charge < -0.3 is 16.3 Å². The van der Waals surface area contributed by atoms with Crippen molar-refractivity contribution in [2.75, 3.05) is 0 Å². The van der Waals surface area contributed by atoms with Gasteiger partial charge in [-0.05, 0) is 12.8 Å². The highest BCUT2D eigenvalue weighted by Gasteiger charge is 2.11. The molecule has 0 heterocycles. The first-order valence-electron chi connectivity index (χ1n) is 6.39. The smallest absolute Gasteiger partial charge is 0.220 e. The van der Waals surface area contributed by atoms with Crippen LogP contribution in [0.25, 0.3) is 0 Å². The normalized spacial score (nSPS) is 13.4. The van der Waals surface area contributed by atoms with Crippen LogP contribution in [0.15, 0.2) is 5.16 Å². The molecule has 1 amide bonds. The molecule has 0 aliphatic rings. The Labute approximate surface area is 103 Å². The number of carbonyl (C=O) groups is 1. The molecular weight excluding hydrogens is 218 g/mol. The molecule has 1 atom stereocenters. The summed E-state index contributed by atoms with van der Waals surface area (Å²) < 4.78 is 0. The average Bonchev–Trinajstić information content (AvgIpc) is 2.33. The topological polar surface area (TPSA) is 87.7 Å². The molecule has 4 N–H and O–H groups in total. The second-order valence-corrected chi connectivity index (χ2v) is 4.28. The number of carbonyl (C=O) groups excluding carboxylic acids is 1. The van der Waals surface area contributed by atoms with Crippen LogP contribution in [0.2, 0.25) is 0 Å². The predicted molar refractivity (Wildman–Crippen MR) is 69.0 cm³/mol. The van der Waals surface area contributed by atoms with Gasteiger partial charge in [-0.15, -0.1) is 0 Å². The van der Waals surface area contributed by atoms with E-state index in [1.54, 1.807) is 0 Å². The monoisotopic (exact) mass is 243 g/mol. The van der Waals surface area contributed by atoms with Crippen molar-refractivity contribution in [2.45, 2.75) is 64.8 Å². The maximum atomic E-state index is 11.6. The van der Waals surface area contributed by atoms with E-state index in [-0.39, 0.29) is 17.8 Å². The highest BCUT2D eigenvalue weighted by Crippen LogP contribution is 2.04. The zero-order valence-corrected chi connectivity index (χ0v) is 10.9. The van der Waals surface area contributed by atoms with Crippen LogP contribution < -0.4 is 11.1 Å². The largest absolute Gasteiger partial charge is 0.409 e. The lowest BCUT2D eigenvalue weighted by Crippen LogP contribution is -2.37. The summed E-state index contributed by atoms with van der Waals surface area (Å²) in [5.41, 5.74) is 5.41. The maximum Gasteiger partial charge on any atom is 0.220 e. The van der Waals surface area contributed by atoms with E-state index in [2.05, 4.69) is 17.4 Å². The van der Waals surface area contributed by atoms with E-state index in [1.807, 2.05) is 6.92 Å². The van der Waals surface area contributed by atoms with Crippen LogP contribution in [-0.4, -0.2) is 23.0 Å². The minimum atomic E-state index is -0.0374. The van der Waals surface area contributed by atoms with Gasteiger partial charge in [0.05, 0.1) is 0 Å². The zero-order chi connectivity index (χ0) is 13.1. The zero-order valence-electron chi connectivity index (χ0n) is 10.9. The van der Waals surface area contributed by atoms with Gasteiger partial charge >= 0.3 is 0 Å². The molecule has 1 unspecified atom stereocenters. The number of nitrogens with zero attached hydrogens (tertiary/aromatic N) is 1. The molecule has 5 nitrogen and oxygen atoms in total. The van der Waals surface area contributed by atoms with Crippen LogP contribution in [0.5, 0.6) is 0 Å². The van der Waals surface area contributed by atoms with Gasteiger partial charge in [-0.2, -0.15) is 0 Å². The quantitative estimate of drug-likeness (QED) is 0.190. The SMILES string of the molecule is CCCCCCC(=O)NC(CC)CC(N)=NO. The van der Waals surface area contributed by atoms with E-state index in [9.17, 15) is 4.79 Å². The third-order valence-corrected chi connectivity index (χ3v) is 2.70. The van der Waals surface area contributed by atoms with Gasteiger partial charge in [-0.3, -0.25) is 4.79 Å². The number of amides is 1. The van der Waals surface area contributed by atoms with Crippen LogP contribution in [-0.2, 0) is 4.79 Å². The summed E-state index contributed by atoms with van der Waals surface area (Å²) in [6, 6.07) is -0.0374.